The maximum Gasteiger partial charge on any atom is 0.0426 e. The predicted molar refractivity (Wildman–Crippen MR) is 185 cm³/mol. The Morgan fingerprint density at radius 1 is 0.500 bits per heavy atom. The van der Waals surface area contributed by atoms with E-state index in [2.05, 4.69) is 158 Å². The molecule has 3 aromatic carbocycles. The van der Waals surface area contributed by atoms with Crippen LogP contribution in [0, 0.1) is 0 Å². The minimum Gasteiger partial charge on any atom is -0.136 e. The summed E-state index contributed by atoms with van der Waals surface area (Å²) in [5.74, 6) is 0. The molecule has 0 aliphatic carbocycles. The molecule has 1 atom stereocenters. The molecule has 0 N–H and O–H groups in total. The fourth-order valence-corrected chi connectivity index (χ4v) is 13.0. The van der Waals surface area contributed by atoms with Crippen molar-refractivity contribution >= 4 is 82.0 Å². The topological polar surface area (TPSA) is 0 Å². The van der Waals surface area contributed by atoms with E-state index in [0.717, 1.165) is 6.42 Å². The van der Waals surface area contributed by atoms with Gasteiger partial charge in [0.05, 0.1) is 0 Å². The van der Waals surface area contributed by atoms with Gasteiger partial charge < -0.3 is 0 Å². The molecule has 5 aromatic rings. The summed E-state index contributed by atoms with van der Waals surface area (Å²) < 4.78 is 3.00. The first kappa shape index (κ1) is 27.0. The minimum absolute atomic E-state index is 0.486. The first-order chi connectivity index (χ1) is 19.8. The van der Waals surface area contributed by atoms with Crippen molar-refractivity contribution in [3.63, 3.8) is 0 Å². The zero-order chi connectivity index (χ0) is 27.0. The Labute approximate surface area is 250 Å². The zero-order valence-corrected chi connectivity index (χ0v) is 25.3. The molecular weight excluding hydrogens is 560 g/mol. The summed E-state index contributed by atoms with van der Waals surface area (Å²) in [4.78, 5) is 4.54. The smallest absolute Gasteiger partial charge is 0.0426 e. The third-order valence-electron chi connectivity index (χ3n) is 6.50. The predicted octanol–water partition coefficient (Wildman–Crippen LogP) is 10.6. The van der Waals surface area contributed by atoms with Crippen molar-refractivity contribution < 1.29 is 0 Å². The van der Waals surface area contributed by atoms with Gasteiger partial charge in [0.1, 0.15) is 0 Å². The molecule has 1 aliphatic rings. The summed E-state index contributed by atoms with van der Waals surface area (Å²) in [6.45, 7) is 0. The van der Waals surface area contributed by atoms with Gasteiger partial charge in [-0.05, 0) is 73.5 Å². The van der Waals surface area contributed by atoms with E-state index in [0.29, 0.717) is 4.99 Å². The molecule has 0 amide bonds. The Morgan fingerprint density at radius 2 is 0.950 bits per heavy atom. The van der Waals surface area contributed by atoms with Crippen LogP contribution < -0.4 is 9.24 Å². The van der Waals surface area contributed by atoms with Crippen molar-refractivity contribution in [2.24, 2.45) is 0 Å². The van der Waals surface area contributed by atoms with Crippen LogP contribution in [0.15, 0.2) is 132 Å². The molecule has 3 heterocycles. The van der Waals surface area contributed by atoms with Crippen LogP contribution in [0.25, 0.3) is 30.4 Å². The van der Waals surface area contributed by atoms with E-state index in [-0.39, 0.29) is 0 Å². The van der Waals surface area contributed by atoms with Gasteiger partial charge in [0.15, 0.2) is 0 Å². The van der Waals surface area contributed by atoms with Gasteiger partial charge in [-0.15, -0.1) is 34.4 Å². The first-order valence-corrected chi connectivity index (χ1v) is 17.3. The fraction of sp³-hybridized carbons (Fsp3) is 0.0556. The molecule has 4 heteroatoms. The van der Waals surface area contributed by atoms with E-state index >= 15 is 0 Å². The third kappa shape index (κ3) is 7.11. The molecule has 196 valence electrons. The lowest BCUT2D eigenvalue weighted by atomic mass is 10.2. The molecule has 0 nitrogen and oxygen atoms in total. The summed E-state index contributed by atoms with van der Waals surface area (Å²) >= 11 is 5.95. The summed E-state index contributed by atoms with van der Waals surface area (Å²) in [6.07, 6.45) is 17.0. The second-order valence-corrected chi connectivity index (χ2v) is 16.2. The van der Waals surface area contributed by atoms with Gasteiger partial charge in [-0.25, -0.2) is 0 Å². The van der Waals surface area contributed by atoms with E-state index in [4.69, 9.17) is 0 Å². The summed E-state index contributed by atoms with van der Waals surface area (Å²) in [7, 11) is -0.486. The molecule has 0 saturated carbocycles. The number of thiophene rings is 2. The standard InChI is InChI=1S/C36H29PS3/c1-4-10-28(11-5-1)16-19-31-22-25-34(38-31)37(35-26-23-32(39-35)20-17-29-12-6-2-7-13-29)36-27-24-33(40-36)21-18-30-14-8-3-9-15-30/h1-26,36H,27H2/b19-16+,20-17+,21-18+. The van der Waals surface area contributed by atoms with Gasteiger partial charge in [-0.3, -0.25) is 0 Å². The SMILES string of the molecule is C1=C(/C=C/c2ccccc2)SC(P(c2ccc(/C=C/c3ccccc3)s2)c2ccc(/C=C/c3ccccc3)s2)C1. The zero-order valence-electron chi connectivity index (χ0n) is 22.0. The molecule has 2 aromatic heterocycles. The van der Waals surface area contributed by atoms with Crippen LogP contribution in [-0.2, 0) is 0 Å². The molecule has 0 spiro atoms. The highest BCUT2D eigenvalue weighted by Gasteiger charge is 2.30. The number of benzene rings is 3. The lowest BCUT2D eigenvalue weighted by Crippen LogP contribution is -2.13. The van der Waals surface area contributed by atoms with Crippen LogP contribution >= 0.6 is 42.4 Å². The molecule has 0 saturated heterocycles. The van der Waals surface area contributed by atoms with Crippen LogP contribution in [0.1, 0.15) is 32.9 Å². The molecule has 6 rings (SSSR count). The maximum atomic E-state index is 2.43. The minimum atomic E-state index is -0.486. The van der Waals surface area contributed by atoms with Crippen molar-refractivity contribution in [2.75, 3.05) is 0 Å². The lowest BCUT2D eigenvalue weighted by molar-refractivity contribution is 1.20. The van der Waals surface area contributed by atoms with Gasteiger partial charge in [0.25, 0.3) is 0 Å². The average Bonchev–Trinajstić information content (AvgIpc) is 3.78. The number of allylic oxidation sites excluding steroid dienone is 2. The van der Waals surface area contributed by atoms with E-state index in [1.54, 1.807) is 0 Å². The van der Waals surface area contributed by atoms with E-state index in [1.807, 2.05) is 34.4 Å². The van der Waals surface area contributed by atoms with Gasteiger partial charge >= 0.3 is 0 Å². The molecule has 40 heavy (non-hydrogen) atoms. The number of thioether (sulfide) groups is 1. The van der Waals surface area contributed by atoms with Crippen molar-refractivity contribution in [2.45, 2.75) is 11.4 Å². The van der Waals surface area contributed by atoms with Crippen molar-refractivity contribution in [3.8, 4) is 0 Å². The largest absolute Gasteiger partial charge is 0.136 e. The van der Waals surface area contributed by atoms with Gasteiger partial charge in [-0.1, -0.05) is 115 Å². The molecule has 0 radical (unpaired) electrons. The Kier molecular flexibility index (Phi) is 9.07. The molecule has 0 fully saturated rings. The monoisotopic (exact) mass is 588 g/mol. The van der Waals surface area contributed by atoms with Crippen molar-refractivity contribution in [1.82, 2.24) is 0 Å². The van der Waals surface area contributed by atoms with Crippen LogP contribution in [0.4, 0.5) is 0 Å². The quantitative estimate of drug-likeness (QED) is 0.154. The molecule has 1 unspecified atom stereocenters. The highest BCUT2D eigenvalue weighted by Crippen LogP contribution is 2.55. The number of hydrogen-bond acceptors (Lipinski definition) is 3. The maximum absolute atomic E-state index is 2.43. The van der Waals surface area contributed by atoms with Crippen molar-refractivity contribution in [1.29, 1.82) is 0 Å². The van der Waals surface area contributed by atoms with Gasteiger partial charge in [-0.2, -0.15) is 0 Å². The second-order valence-electron chi connectivity index (χ2n) is 9.37. The fourth-order valence-electron chi connectivity index (χ4n) is 4.48. The summed E-state index contributed by atoms with van der Waals surface area (Å²) in [6, 6.07) is 41.0. The van der Waals surface area contributed by atoms with Crippen LogP contribution in [0.3, 0.4) is 0 Å². The highest BCUT2D eigenvalue weighted by atomic mass is 32.2. The van der Waals surface area contributed by atoms with Gasteiger partial charge in [0.2, 0.25) is 0 Å². The van der Waals surface area contributed by atoms with E-state index in [9.17, 15) is 0 Å². The first-order valence-electron chi connectivity index (χ1n) is 13.4. The number of hydrogen-bond donors (Lipinski definition) is 0. The Bertz CT molecular complexity index is 1550. The Hall–Kier alpha value is -3.20. The molecule has 0 bridgehead atoms. The third-order valence-corrected chi connectivity index (χ3v) is 14.0. The Balaban J connectivity index is 1.24. The second kappa shape index (κ2) is 13.4. The van der Waals surface area contributed by atoms with Crippen LogP contribution in [0.2, 0.25) is 0 Å². The van der Waals surface area contributed by atoms with Crippen LogP contribution in [-0.4, -0.2) is 4.99 Å². The summed E-state index contributed by atoms with van der Waals surface area (Å²) in [5.41, 5.74) is 3.72. The lowest BCUT2D eigenvalue weighted by Gasteiger charge is -2.21. The molecule has 1 aliphatic heterocycles. The number of rotatable bonds is 9. The van der Waals surface area contributed by atoms with E-state index in [1.165, 1.54) is 40.6 Å². The van der Waals surface area contributed by atoms with E-state index < -0.39 is 7.92 Å². The highest BCUT2D eigenvalue weighted by molar-refractivity contribution is 8.12. The average molecular weight is 589 g/mol. The normalized spacial score (nSPS) is 15.6. The molecular formula is C36H29PS3. The van der Waals surface area contributed by atoms with Crippen molar-refractivity contribution in [3.05, 3.63) is 159 Å². The Morgan fingerprint density at radius 3 is 1.43 bits per heavy atom. The summed E-state index contributed by atoms with van der Waals surface area (Å²) in [5, 5.41) is 0. The van der Waals surface area contributed by atoms with Gasteiger partial charge in [0, 0.05) is 28.9 Å². The van der Waals surface area contributed by atoms with Crippen LogP contribution in [0.5, 0.6) is 0 Å².